The highest BCUT2D eigenvalue weighted by atomic mass is 16.6. The molecule has 2 rings (SSSR count). The summed E-state index contributed by atoms with van der Waals surface area (Å²) in [6.07, 6.45) is 7.29. The number of carbonyl (C=O) groups is 2. The molecule has 1 heterocycles. The minimum absolute atomic E-state index is 0.181. The zero-order valence-electron chi connectivity index (χ0n) is 12.1. The zero-order valence-corrected chi connectivity index (χ0v) is 12.1. The van der Waals surface area contributed by atoms with E-state index in [1.165, 1.54) is 0 Å². The maximum atomic E-state index is 12.4. The number of hydrogen-bond donors (Lipinski definition) is 0. The van der Waals surface area contributed by atoms with E-state index in [1.807, 2.05) is 32.9 Å². The molecule has 106 valence electrons. The van der Waals surface area contributed by atoms with Crippen LogP contribution < -0.4 is 0 Å². The molecule has 1 spiro atoms. The van der Waals surface area contributed by atoms with Gasteiger partial charge < -0.3 is 4.74 Å². The number of ether oxygens (including phenoxy) is 1. The Morgan fingerprint density at radius 2 is 2.11 bits per heavy atom. The summed E-state index contributed by atoms with van der Waals surface area (Å²) < 4.78 is 5.45. The van der Waals surface area contributed by atoms with Gasteiger partial charge in [0.2, 0.25) is 0 Å². The molecular formula is C15H23NO3. The van der Waals surface area contributed by atoms with Crippen LogP contribution in [-0.4, -0.2) is 34.5 Å². The SMILES string of the molecule is CC(C)(C)OC(=O)N1CCCC12CC=CCCC2=O. The van der Waals surface area contributed by atoms with Crippen molar-refractivity contribution in [3.05, 3.63) is 12.2 Å². The van der Waals surface area contributed by atoms with E-state index in [0.29, 0.717) is 19.4 Å². The normalized spacial score (nSPS) is 27.7. The van der Waals surface area contributed by atoms with Crippen LogP contribution in [0.15, 0.2) is 12.2 Å². The highest BCUT2D eigenvalue weighted by molar-refractivity contribution is 5.92. The first-order chi connectivity index (χ1) is 8.85. The van der Waals surface area contributed by atoms with Crippen LogP contribution in [0.1, 0.15) is 52.9 Å². The van der Waals surface area contributed by atoms with Crippen molar-refractivity contribution in [3.63, 3.8) is 0 Å². The van der Waals surface area contributed by atoms with Gasteiger partial charge in [-0.1, -0.05) is 12.2 Å². The maximum absolute atomic E-state index is 12.4. The van der Waals surface area contributed by atoms with E-state index in [4.69, 9.17) is 4.74 Å². The fraction of sp³-hybridized carbons (Fsp3) is 0.733. The second kappa shape index (κ2) is 4.99. The topological polar surface area (TPSA) is 46.6 Å². The van der Waals surface area contributed by atoms with E-state index >= 15 is 0 Å². The van der Waals surface area contributed by atoms with E-state index in [-0.39, 0.29) is 11.9 Å². The number of ketones is 1. The van der Waals surface area contributed by atoms with Crippen LogP contribution in [0, 0.1) is 0 Å². The molecule has 0 aromatic rings. The van der Waals surface area contributed by atoms with Crippen molar-refractivity contribution < 1.29 is 14.3 Å². The van der Waals surface area contributed by atoms with E-state index < -0.39 is 11.1 Å². The molecule has 4 nitrogen and oxygen atoms in total. The Kier molecular flexibility index (Phi) is 3.70. The van der Waals surface area contributed by atoms with E-state index in [0.717, 1.165) is 19.3 Å². The van der Waals surface area contributed by atoms with Gasteiger partial charge in [0.25, 0.3) is 0 Å². The molecule has 2 aliphatic rings. The number of rotatable bonds is 0. The van der Waals surface area contributed by atoms with Crippen molar-refractivity contribution in [2.75, 3.05) is 6.54 Å². The quantitative estimate of drug-likeness (QED) is 0.632. The predicted octanol–water partition coefficient (Wildman–Crippen LogP) is 3.07. The largest absolute Gasteiger partial charge is 0.444 e. The van der Waals surface area contributed by atoms with Gasteiger partial charge in [-0.25, -0.2) is 4.79 Å². The van der Waals surface area contributed by atoms with Crippen molar-refractivity contribution in [1.29, 1.82) is 0 Å². The number of carbonyl (C=O) groups excluding carboxylic acids is 2. The molecule has 0 saturated carbocycles. The highest BCUT2D eigenvalue weighted by Crippen LogP contribution is 2.37. The van der Waals surface area contributed by atoms with Crippen molar-refractivity contribution >= 4 is 11.9 Å². The van der Waals surface area contributed by atoms with Gasteiger partial charge in [-0.15, -0.1) is 0 Å². The van der Waals surface area contributed by atoms with Crippen LogP contribution in [-0.2, 0) is 9.53 Å². The Bertz CT molecular complexity index is 408. The monoisotopic (exact) mass is 265 g/mol. The molecule has 1 fully saturated rings. The van der Waals surface area contributed by atoms with Crippen LogP contribution >= 0.6 is 0 Å². The Hall–Kier alpha value is -1.32. The molecule has 1 saturated heterocycles. The fourth-order valence-corrected chi connectivity index (χ4v) is 2.92. The molecule has 1 unspecified atom stereocenters. The van der Waals surface area contributed by atoms with Crippen molar-refractivity contribution in [1.82, 2.24) is 4.90 Å². The van der Waals surface area contributed by atoms with Gasteiger partial charge >= 0.3 is 6.09 Å². The lowest BCUT2D eigenvalue weighted by Crippen LogP contribution is -2.53. The molecule has 19 heavy (non-hydrogen) atoms. The van der Waals surface area contributed by atoms with Crippen LogP contribution in [0.3, 0.4) is 0 Å². The van der Waals surface area contributed by atoms with Crippen molar-refractivity contribution in [3.8, 4) is 0 Å². The number of amides is 1. The molecule has 0 aromatic carbocycles. The summed E-state index contributed by atoms with van der Waals surface area (Å²) in [5.74, 6) is 0.181. The minimum atomic E-state index is -0.644. The summed E-state index contributed by atoms with van der Waals surface area (Å²) in [6.45, 7) is 6.17. The fourth-order valence-electron chi connectivity index (χ4n) is 2.92. The third-order valence-electron chi connectivity index (χ3n) is 3.78. The van der Waals surface area contributed by atoms with Gasteiger partial charge in [0, 0.05) is 13.0 Å². The number of nitrogens with zero attached hydrogens (tertiary/aromatic N) is 1. The molecule has 0 N–H and O–H groups in total. The molecule has 1 amide bonds. The number of likely N-dealkylation sites (tertiary alicyclic amines) is 1. The van der Waals surface area contributed by atoms with E-state index in [9.17, 15) is 9.59 Å². The summed E-state index contributed by atoms with van der Waals surface area (Å²) >= 11 is 0. The van der Waals surface area contributed by atoms with Gasteiger partial charge in [0.15, 0.2) is 5.78 Å². The lowest BCUT2D eigenvalue weighted by Gasteiger charge is -2.37. The Labute approximate surface area is 114 Å². The van der Waals surface area contributed by atoms with Gasteiger partial charge in [0.05, 0.1) is 0 Å². The minimum Gasteiger partial charge on any atom is -0.444 e. The molecular weight excluding hydrogens is 242 g/mol. The van der Waals surface area contributed by atoms with E-state index in [2.05, 4.69) is 0 Å². The zero-order chi connectivity index (χ0) is 14.1. The molecule has 1 aliphatic heterocycles. The summed E-state index contributed by atoms with van der Waals surface area (Å²) in [5.41, 5.74) is -1.17. The highest BCUT2D eigenvalue weighted by Gasteiger charge is 2.49. The third kappa shape index (κ3) is 2.82. The van der Waals surface area contributed by atoms with Gasteiger partial charge in [-0.05, 0) is 46.5 Å². The van der Waals surface area contributed by atoms with Gasteiger partial charge in [-0.3, -0.25) is 9.69 Å². The Balaban J connectivity index is 2.22. The lowest BCUT2D eigenvalue weighted by atomic mass is 9.87. The number of Topliss-reactive ketones (excluding diaryl/α,β-unsaturated/α-hetero) is 1. The van der Waals surface area contributed by atoms with Crippen molar-refractivity contribution in [2.45, 2.75) is 64.0 Å². The molecule has 1 aliphatic carbocycles. The second-order valence-electron chi connectivity index (χ2n) is 6.40. The summed E-state index contributed by atoms with van der Waals surface area (Å²) in [5, 5.41) is 0. The van der Waals surface area contributed by atoms with Crippen LogP contribution in [0.5, 0.6) is 0 Å². The number of hydrogen-bond acceptors (Lipinski definition) is 3. The number of allylic oxidation sites excluding steroid dienone is 1. The Morgan fingerprint density at radius 3 is 2.79 bits per heavy atom. The first kappa shape index (κ1) is 14.1. The average molecular weight is 265 g/mol. The average Bonchev–Trinajstić information content (AvgIpc) is 2.62. The molecule has 0 bridgehead atoms. The predicted molar refractivity (Wildman–Crippen MR) is 72.9 cm³/mol. The molecule has 0 aromatic heterocycles. The van der Waals surface area contributed by atoms with Gasteiger partial charge in [-0.2, -0.15) is 0 Å². The standard InChI is InChI=1S/C15H23NO3/c1-14(2,3)19-13(18)16-11-7-10-15(16)9-6-4-5-8-12(15)17/h4,6H,5,7-11H2,1-3H3. The smallest absolute Gasteiger partial charge is 0.411 e. The lowest BCUT2D eigenvalue weighted by molar-refractivity contribution is -0.129. The first-order valence-corrected chi connectivity index (χ1v) is 7.04. The second-order valence-corrected chi connectivity index (χ2v) is 6.40. The van der Waals surface area contributed by atoms with E-state index in [1.54, 1.807) is 4.90 Å². The third-order valence-corrected chi connectivity index (χ3v) is 3.78. The summed E-state index contributed by atoms with van der Waals surface area (Å²) in [4.78, 5) is 26.4. The van der Waals surface area contributed by atoms with Crippen molar-refractivity contribution in [2.24, 2.45) is 0 Å². The van der Waals surface area contributed by atoms with Gasteiger partial charge in [0.1, 0.15) is 11.1 Å². The molecule has 4 heteroatoms. The van der Waals surface area contributed by atoms with Crippen LogP contribution in [0.4, 0.5) is 4.79 Å². The summed E-state index contributed by atoms with van der Waals surface area (Å²) in [7, 11) is 0. The first-order valence-electron chi connectivity index (χ1n) is 7.04. The molecule has 1 atom stereocenters. The van der Waals surface area contributed by atoms with Crippen LogP contribution in [0.2, 0.25) is 0 Å². The molecule has 0 radical (unpaired) electrons. The van der Waals surface area contributed by atoms with Crippen LogP contribution in [0.25, 0.3) is 0 Å². The summed E-state index contributed by atoms with van der Waals surface area (Å²) in [6, 6.07) is 0. The maximum Gasteiger partial charge on any atom is 0.411 e. The Morgan fingerprint density at radius 1 is 1.37 bits per heavy atom.